The van der Waals surface area contributed by atoms with Crippen LogP contribution in [-0.2, 0) is 0 Å². The molecule has 0 bridgehead atoms. The Balaban J connectivity index is 2.74. The first kappa shape index (κ1) is 9.99. The Morgan fingerprint density at radius 3 is 2.71 bits per heavy atom. The molecule has 0 saturated carbocycles. The lowest BCUT2D eigenvalue weighted by atomic mass is 10.1. The maximum atomic E-state index is 5.61. The lowest BCUT2D eigenvalue weighted by molar-refractivity contribution is 0.577. The Labute approximate surface area is 99.0 Å². The Morgan fingerprint density at radius 1 is 1.29 bits per heavy atom. The van der Waals surface area contributed by atoms with E-state index < -0.39 is 0 Å². The van der Waals surface area contributed by atoms with Crippen molar-refractivity contribution in [2.24, 2.45) is 0 Å². The van der Waals surface area contributed by atoms with Crippen molar-refractivity contribution >= 4 is 48.9 Å². The highest BCUT2D eigenvalue weighted by molar-refractivity contribution is 9.28. The third-order valence-electron chi connectivity index (χ3n) is 2.07. The normalized spacial score (nSPS) is 10.5. The molecule has 0 radical (unpaired) electrons. The maximum absolute atomic E-state index is 5.61. The number of furan rings is 1. The standard InChI is InChI=1S/C11H8Br2O/c1-7-9(6-11(12)13)8-4-2-3-5-10(8)14-7/h2-6H,1H3. The molecule has 72 valence electrons. The van der Waals surface area contributed by atoms with Gasteiger partial charge >= 0.3 is 0 Å². The lowest BCUT2D eigenvalue weighted by Crippen LogP contribution is -1.71. The number of benzene rings is 1. The minimum atomic E-state index is 0.916. The summed E-state index contributed by atoms with van der Waals surface area (Å²) < 4.78 is 6.53. The predicted molar refractivity (Wildman–Crippen MR) is 66.8 cm³/mol. The molecule has 0 unspecified atom stereocenters. The quantitative estimate of drug-likeness (QED) is 0.734. The first-order chi connectivity index (χ1) is 6.68. The van der Waals surface area contributed by atoms with E-state index in [1.807, 2.05) is 31.2 Å². The molecule has 0 atom stereocenters. The summed E-state index contributed by atoms with van der Waals surface area (Å²) in [5.41, 5.74) is 2.04. The number of para-hydroxylation sites is 1. The van der Waals surface area contributed by atoms with Gasteiger partial charge in [-0.25, -0.2) is 0 Å². The minimum absolute atomic E-state index is 0.916. The van der Waals surface area contributed by atoms with Gasteiger partial charge in [-0.2, -0.15) is 0 Å². The number of rotatable bonds is 1. The predicted octanol–water partition coefficient (Wildman–Crippen LogP) is 4.83. The van der Waals surface area contributed by atoms with Crippen LogP contribution in [0.5, 0.6) is 0 Å². The van der Waals surface area contributed by atoms with E-state index in [4.69, 9.17) is 4.42 Å². The molecule has 0 spiro atoms. The van der Waals surface area contributed by atoms with Crippen LogP contribution in [0.3, 0.4) is 0 Å². The van der Waals surface area contributed by atoms with E-state index in [9.17, 15) is 0 Å². The highest BCUT2D eigenvalue weighted by atomic mass is 79.9. The number of hydrogen-bond acceptors (Lipinski definition) is 1. The number of hydrogen-bond donors (Lipinski definition) is 0. The zero-order valence-electron chi connectivity index (χ0n) is 7.55. The average molecular weight is 316 g/mol. The Hall–Kier alpha value is -0.540. The van der Waals surface area contributed by atoms with Gasteiger partial charge in [-0.1, -0.05) is 18.2 Å². The number of halogens is 2. The van der Waals surface area contributed by atoms with Gasteiger partial charge in [0.05, 0.1) is 3.39 Å². The molecule has 0 aliphatic heterocycles. The van der Waals surface area contributed by atoms with Gasteiger partial charge in [0, 0.05) is 10.9 Å². The molecule has 1 nitrogen and oxygen atoms in total. The molecule has 0 fully saturated rings. The van der Waals surface area contributed by atoms with E-state index in [0.717, 1.165) is 25.7 Å². The Morgan fingerprint density at radius 2 is 2.00 bits per heavy atom. The molecular weight excluding hydrogens is 308 g/mol. The number of aryl methyl sites for hydroxylation is 1. The van der Waals surface area contributed by atoms with Gasteiger partial charge < -0.3 is 4.42 Å². The highest BCUT2D eigenvalue weighted by Gasteiger charge is 2.07. The van der Waals surface area contributed by atoms with Crippen LogP contribution in [0, 0.1) is 6.92 Å². The molecule has 0 saturated heterocycles. The smallest absolute Gasteiger partial charge is 0.134 e. The second-order valence-corrected chi connectivity index (χ2v) is 5.77. The van der Waals surface area contributed by atoms with Gasteiger partial charge in [0.15, 0.2) is 0 Å². The van der Waals surface area contributed by atoms with Crippen LogP contribution in [0.15, 0.2) is 32.1 Å². The van der Waals surface area contributed by atoms with E-state index in [0.29, 0.717) is 0 Å². The summed E-state index contributed by atoms with van der Waals surface area (Å²) >= 11 is 6.70. The summed E-state index contributed by atoms with van der Waals surface area (Å²) in [7, 11) is 0. The fourth-order valence-electron chi connectivity index (χ4n) is 1.48. The minimum Gasteiger partial charge on any atom is -0.461 e. The average Bonchev–Trinajstić information content (AvgIpc) is 2.43. The summed E-state index contributed by atoms with van der Waals surface area (Å²) in [6.45, 7) is 1.97. The van der Waals surface area contributed by atoms with Crippen LogP contribution in [-0.4, -0.2) is 0 Å². The molecular formula is C11H8Br2O. The molecule has 1 aromatic heterocycles. The zero-order chi connectivity index (χ0) is 10.1. The van der Waals surface area contributed by atoms with E-state index in [1.165, 1.54) is 0 Å². The van der Waals surface area contributed by atoms with E-state index in [1.54, 1.807) is 0 Å². The zero-order valence-corrected chi connectivity index (χ0v) is 10.7. The third kappa shape index (κ3) is 1.79. The van der Waals surface area contributed by atoms with Gasteiger partial charge in [-0.15, -0.1) is 0 Å². The van der Waals surface area contributed by atoms with Crippen LogP contribution >= 0.6 is 31.9 Å². The van der Waals surface area contributed by atoms with Gasteiger partial charge in [0.2, 0.25) is 0 Å². The van der Waals surface area contributed by atoms with Gasteiger partial charge in [-0.05, 0) is 50.9 Å². The van der Waals surface area contributed by atoms with E-state index in [-0.39, 0.29) is 0 Å². The SMILES string of the molecule is Cc1oc2ccccc2c1C=C(Br)Br. The largest absolute Gasteiger partial charge is 0.461 e. The molecule has 1 aromatic carbocycles. The van der Waals surface area contributed by atoms with Crippen LogP contribution < -0.4 is 0 Å². The van der Waals surface area contributed by atoms with Crippen LogP contribution in [0.4, 0.5) is 0 Å². The fraction of sp³-hybridized carbons (Fsp3) is 0.0909. The Bertz CT molecular complexity index is 493. The second kappa shape index (κ2) is 3.91. The van der Waals surface area contributed by atoms with Crippen LogP contribution in [0.2, 0.25) is 0 Å². The summed E-state index contributed by atoms with van der Waals surface area (Å²) in [5, 5.41) is 1.14. The highest BCUT2D eigenvalue weighted by Crippen LogP contribution is 2.29. The van der Waals surface area contributed by atoms with Gasteiger partial charge in [-0.3, -0.25) is 0 Å². The van der Waals surface area contributed by atoms with Crippen molar-refractivity contribution < 1.29 is 4.42 Å². The topological polar surface area (TPSA) is 13.1 Å². The number of fused-ring (bicyclic) bond motifs is 1. The summed E-state index contributed by atoms with van der Waals surface area (Å²) in [4.78, 5) is 0. The van der Waals surface area contributed by atoms with Crippen LogP contribution in [0.1, 0.15) is 11.3 Å². The molecule has 3 heteroatoms. The first-order valence-electron chi connectivity index (χ1n) is 4.19. The second-order valence-electron chi connectivity index (χ2n) is 3.00. The molecule has 0 N–H and O–H groups in total. The summed E-state index contributed by atoms with van der Waals surface area (Å²) in [6.07, 6.45) is 2.00. The van der Waals surface area contributed by atoms with Crippen molar-refractivity contribution in [2.45, 2.75) is 6.92 Å². The maximum Gasteiger partial charge on any atom is 0.134 e. The lowest BCUT2D eigenvalue weighted by Gasteiger charge is -1.90. The van der Waals surface area contributed by atoms with Gasteiger partial charge in [0.25, 0.3) is 0 Å². The Kier molecular flexibility index (Phi) is 2.79. The van der Waals surface area contributed by atoms with E-state index >= 15 is 0 Å². The van der Waals surface area contributed by atoms with Gasteiger partial charge in [0.1, 0.15) is 11.3 Å². The molecule has 0 amide bonds. The molecule has 0 aliphatic rings. The molecule has 2 aromatic rings. The molecule has 0 aliphatic carbocycles. The van der Waals surface area contributed by atoms with Crippen molar-refractivity contribution in [3.8, 4) is 0 Å². The molecule has 2 rings (SSSR count). The molecule has 1 heterocycles. The van der Waals surface area contributed by atoms with Crippen molar-refractivity contribution in [3.05, 3.63) is 39.0 Å². The fourth-order valence-corrected chi connectivity index (χ4v) is 1.93. The summed E-state index contributed by atoms with van der Waals surface area (Å²) in [5.74, 6) is 0.933. The van der Waals surface area contributed by atoms with E-state index in [2.05, 4.69) is 37.9 Å². The first-order valence-corrected chi connectivity index (χ1v) is 5.78. The third-order valence-corrected chi connectivity index (χ3v) is 2.53. The summed E-state index contributed by atoms with van der Waals surface area (Å²) in [6, 6.07) is 8.02. The monoisotopic (exact) mass is 314 g/mol. The van der Waals surface area contributed by atoms with Crippen molar-refractivity contribution in [1.29, 1.82) is 0 Å². The van der Waals surface area contributed by atoms with Crippen LogP contribution in [0.25, 0.3) is 17.0 Å². The van der Waals surface area contributed by atoms with Crippen molar-refractivity contribution in [3.63, 3.8) is 0 Å². The van der Waals surface area contributed by atoms with Crippen molar-refractivity contribution in [1.82, 2.24) is 0 Å². The molecule has 14 heavy (non-hydrogen) atoms. The van der Waals surface area contributed by atoms with Crippen molar-refractivity contribution in [2.75, 3.05) is 0 Å².